The van der Waals surface area contributed by atoms with E-state index >= 15 is 0 Å². The molecule has 0 unspecified atom stereocenters. The average Bonchev–Trinajstić information content (AvgIpc) is 2.97. The van der Waals surface area contributed by atoms with Gasteiger partial charge < -0.3 is 4.42 Å². The zero-order valence-electron chi connectivity index (χ0n) is 12.4. The molecule has 0 saturated carbocycles. The van der Waals surface area contributed by atoms with E-state index in [1.807, 2.05) is 30.5 Å². The minimum Gasteiger partial charge on any atom is -0.441 e. The highest BCUT2D eigenvalue weighted by Gasteiger charge is 2.09. The summed E-state index contributed by atoms with van der Waals surface area (Å²) >= 11 is 0. The molecule has 21 heavy (non-hydrogen) atoms. The molecule has 1 aromatic heterocycles. The van der Waals surface area contributed by atoms with Crippen LogP contribution in [0, 0.1) is 0 Å². The van der Waals surface area contributed by atoms with Crippen molar-refractivity contribution < 1.29 is 4.42 Å². The van der Waals surface area contributed by atoms with Crippen LogP contribution in [0.15, 0.2) is 65.2 Å². The summed E-state index contributed by atoms with van der Waals surface area (Å²) in [6, 6.07) is 18.7. The van der Waals surface area contributed by atoms with Crippen LogP contribution < -0.4 is 0 Å². The van der Waals surface area contributed by atoms with Gasteiger partial charge in [-0.1, -0.05) is 56.3 Å². The van der Waals surface area contributed by atoms with Crippen LogP contribution in [0.5, 0.6) is 0 Å². The average molecular weight is 277 g/mol. The second-order valence-electron chi connectivity index (χ2n) is 5.57. The molecule has 2 nitrogen and oxygen atoms in total. The van der Waals surface area contributed by atoms with E-state index in [1.165, 1.54) is 11.1 Å². The van der Waals surface area contributed by atoms with Gasteiger partial charge in [-0.15, -0.1) is 0 Å². The first kappa shape index (κ1) is 13.6. The number of aromatic nitrogens is 1. The molecule has 0 bridgehead atoms. The SMILES string of the molecule is CC(C)c1cccc(-c2ncc(Cc3ccccc3)o2)c1. The highest BCUT2D eigenvalue weighted by molar-refractivity contribution is 5.54. The van der Waals surface area contributed by atoms with E-state index in [0.29, 0.717) is 11.8 Å². The van der Waals surface area contributed by atoms with Crippen LogP contribution in [0.3, 0.4) is 0 Å². The lowest BCUT2D eigenvalue weighted by atomic mass is 10.0. The molecule has 0 amide bonds. The molecule has 0 aliphatic carbocycles. The fourth-order valence-electron chi connectivity index (χ4n) is 2.35. The predicted octanol–water partition coefficient (Wildman–Crippen LogP) is 5.06. The van der Waals surface area contributed by atoms with Gasteiger partial charge in [0.25, 0.3) is 0 Å². The Morgan fingerprint density at radius 1 is 1.00 bits per heavy atom. The van der Waals surface area contributed by atoms with Gasteiger partial charge in [0.1, 0.15) is 5.76 Å². The Hall–Kier alpha value is -2.35. The van der Waals surface area contributed by atoms with Gasteiger partial charge in [-0.2, -0.15) is 0 Å². The molecule has 0 N–H and O–H groups in total. The molecule has 106 valence electrons. The van der Waals surface area contributed by atoms with E-state index in [1.54, 1.807) is 0 Å². The van der Waals surface area contributed by atoms with Crippen molar-refractivity contribution in [3.63, 3.8) is 0 Å². The van der Waals surface area contributed by atoms with Gasteiger partial charge in [-0.05, 0) is 29.2 Å². The highest BCUT2D eigenvalue weighted by atomic mass is 16.4. The Morgan fingerprint density at radius 3 is 2.57 bits per heavy atom. The summed E-state index contributed by atoms with van der Waals surface area (Å²) in [5, 5.41) is 0. The molecule has 2 heteroatoms. The third kappa shape index (κ3) is 3.22. The second kappa shape index (κ2) is 5.96. The van der Waals surface area contributed by atoms with E-state index in [9.17, 15) is 0 Å². The summed E-state index contributed by atoms with van der Waals surface area (Å²) in [7, 11) is 0. The number of hydrogen-bond acceptors (Lipinski definition) is 2. The lowest BCUT2D eigenvalue weighted by molar-refractivity contribution is 0.529. The minimum absolute atomic E-state index is 0.503. The van der Waals surface area contributed by atoms with Gasteiger partial charge >= 0.3 is 0 Å². The van der Waals surface area contributed by atoms with Crippen LogP contribution in [-0.4, -0.2) is 4.98 Å². The summed E-state index contributed by atoms with van der Waals surface area (Å²) in [5.74, 6) is 2.10. The molecule has 3 aromatic rings. The Labute approximate surface area is 125 Å². The van der Waals surface area contributed by atoms with E-state index in [2.05, 4.69) is 49.2 Å². The van der Waals surface area contributed by atoms with Crippen LogP contribution >= 0.6 is 0 Å². The largest absolute Gasteiger partial charge is 0.441 e. The van der Waals surface area contributed by atoms with Gasteiger partial charge in [-0.3, -0.25) is 0 Å². The van der Waals surface area contributed by atoms with Gasteiger partial charge in [0.15, 0.2) is 0 Å². The van der Waals surface area contributed by atoms with Crippen molar-refractivity contribution in [3.8, 4) is 11.5 Å². The Bertz CT molecular complexity index is 713. The molecule has 0 radical (unpaired) electrons. The van der Waals surface area contributed by atoms with Gasteiger partial charge in [0.2, 0.25) is 5.89 Å². The van der Waals surface area contributed by atoms with Crippen LogP contribution in [0.2, 0.25) is 0 Å². The van der Waals surface area contributed by atoms with Crippen molar-refractivity contribution in [1.29, 1.82) is 0 Å². The van der Waals surface area contributed by atoms with Crippen LogP contribution in [0.4, 0.5) is 0 Å². The summed E-state index contributed by atoms with van der Waals surface area (Å²) in [5.41, 5.74) is 3.58. The number of rotatable bonds is 4. The Morgan fingerprint density at radius 2 is 1.81 bits per heavy atom. The fraction of sp³-hybridized carbons (Fsp3) is 0.211. The summed E-state index contributed by atoms with van der Waals surface area (Å²) < 4.78 is 5.90. The van der Waals surface area contributed by atoms with Crippen molar-refractivity contribution in [1.82, 2.24) is 4.98 Å². The molecule has 0 fully saturated rings. The fourth-order valence-corrected chi connectivity index (χ4v) is 2.35. The Kier molecular flexibility index (Phi) is 3.87. The zero-order chi connectivity index (χ0) is 14.7. The van der Waals surface area contributed by atoms with Crippen molar-refractivity contribution in [2.45, 2.75) is 26.2 Å². The summed E-state index contributed by atoms with van der Waals surface area (Å²) in [4.78, 5) is 4.42. The van der Waals surface area contributed by atoms with E-state index in [0.717, 1.165) is 17.7 Å². The van der Waals surface area contributed by atoms with E-state index < -0.39 is 0 Å². The standard InChI is InChI=1S/C19H19NO/c1-14(2)16-9-6-10-17(12-16)19-20-13-18(21-19)11-15-7-4-3-5-8-15/h3-10,12-14H,11H2,1-2H3. The maximum absolute atomic E-state index is 5.90. The topological polar surface area (TPSA) is 26.0 Å². The Balaban J connectivity index is 1.83. The van der Waals surface area contributed by atoms with Gasteiger partial charge in [0.05, 0.1) is 6.20 Å². The lowest BCUT2D eigenvalue weighted by Gasteiger charge is -2.05. The third-order valence-electron chi connectivity index (χ3n) is 3.57. The van der Waals surface area contributed by atoms with Crippen molar-refractivity contribution >= 4 is 0 Å². The van der Waals surface area contributed by atoms with Gasteiger partial charge in [0, 0.05) is 12.0 Å². The van der Waals surface area contributed by atoms with Crippen LogP contribution in [0.25, 0.3) is 11.5 Å². The normalized spacial score (nSPS) is 11.0. The smallest absolute Gasteiger partial charge is 0.226 e. The number of benzene rings is 2. The van der Waals surface area contributed by atoms with E-state index in [-0.39, 0.29) is 0 Å². The molecular formula is C19H19NO. The second-order valence-corrected chi connectivity index (χ2v) is 5.57. The lowest BCUT2D eigenvalue weighted by Crippen LogP contribution is -1.87. The predicted molar refractivity (Wildman–Crippen MR) is 85.3 cm³/mol. The minimum atomic E-state index is 0.503. The van der Waals surface area contributed by atoms with E-state index in [4.69, 9.17) is 4.42 Å². The third-order valence-corrected chi connectivity index (χ3v) is 3.57. The van der Waals surface area contributed by atoms with Crippen molar-refractivity contribution in [2.24, 2.45) is 0 Å². The number of oxazole rings is 1. The molecule has 3 rings (SSSR count). The quantitative estimate of drug-likeness (QED) is 0.666. The zero-order valence-corrected chi connectivity index (χ0v) is 12.4. The first-order chi connectivity index (χ1) is 10.2. The first-order valence-corrected chi connectivity index (χ1v) is 7.31. The number of hydrogen-bond donors (Lipinski definition) is 0. The molecular weight excluding hydrogens is 258 g/mol. The summed E-state index contributed by atoms with van der Waals surface area (Å²) in [6.07, 6.45) is 2.60. The monoisotopic (exact) mass is 277 g/mol. The number of nitrogens with zero attached hydrogens (tertiary/aromatic N) is 1. The maximum Gasteiger partial charge on any atom is 0.226 e. The molecule has 0 spiro atoms. The van der Waals surface area contributed by atoms with Crippen LogP contribution in [-0.2, 0) is 6.42 Å². The molecule has 2 aromatic carbocycles. The molecule has 0 aliphatic rings. The van der Waals surface area contributed by atoms with Crippen molar-refractivity contribution in [2.75, 3.05) is 0 Å². The molecule has 0 saturated heterocycles. The van der Waals surface area contributed by atoms with Gasteiger partial charge in [-0.25, -0.2) is 4.98 Å². The first-order valence-electron chi connectivity index (χ1n) is 7.31. The summed E-state index contributed by atoms with van der Waals surface area (Å²) in [6.45, 7) is 4.38. The van der Waals surface area contributed by atoms with Crippen molar-refractivity contribution in [3.05, 3.63) is 77.7 Å². The maximum atomic E-state index is 5.90. The molecule has 0 atom stereocenters. The highest BCUT2D eigenvalue weighted by Crippen LogP contribution is 2.24. The molecule has 1 heterocycles. The molecule has 0 aliphatic heterocycles. The van der Waals surface area contributed by atoms with Crippen LogP contribution in [0.1, 0.15) is 36.7 Å².